The number of nitrogens with one attached hydrogen (secondary N) is 2. The van der Waals surface area contributed by atoms with Crippen LogP contribution in [0.4, 0.5) is 5.69 Å². The summed E-state index contributed by atoms with van der Waals surface area (Å²) in [6, 6.07) is 6.54. The van der Waals surface area contributed by atoms with Gasteiger partial charge in [0.2, 0.25) is 0 Å². The van der Waals surface area contributed by atoms with E-state index in [4.69, 9.17) is 0 Å². The van der Waals surface area contributed by atoms with Crippen LogP contribution in [0.25, 0.3) is 0 Å². The summed E-state index contributed by atoms with van der Waals surface area (Å²) in [5.74, 6) is 0. The minimum Gasteiger partial charge on any atom is -0.384 e. The SMILES string of the molecule is Brc1ccc2c(c1)[C@]1(CCNC1)CN2. The zero-order valence-electron chi connectivity index (χ0n) is 7.94. The lowest BCUT2D eigenvalue weighted by molar-refractivity contribution is 0.522. The minimum absolute atomic E-state index is 0.360. The molecule has 3 rings (SSSR count). The molecule has 0 aromatic heterocycles. The average Bonchev–Trinajstić information content (AvgIpc) is 2.77. The number of anilines is 1. The standard InChI is InChI=1S/C11H13BrN2/c12-8-1-2-10-9(5-8)11(7-14-10)3-4-13-6-11/h1-2,5,13-14H,3-4,6-7H2/t11-/m0/s1. The van der Waals surface area contributed by atoms with Crippen LogP contribution in [0.15, 0.2) is 22.7 Å². The van der Waals surface area contributed by atoms with Gasteiger partial charge in [-0.15, -0.1) is 0 Å². The molecule has 2 heterocycles. The molecular weight excluding hydrogens is 240 g/mol. The predicted molar refractivity (Wildman–Crippen MR) is 61.8 cm³/mol. The van der Waals surface area contributed by atoms with Gasteiger partial charge < -0.3 is 10.6 Å². The van der Waals surface area contributed by atoms with Gasteiger partial charge in [0.15, 0.2) is 0 Å². The molecule has 2 nitrogen and oxygen atoms in total. The van der Waals surface area contributed by atoms with E-state index in [1.165, 1.54) is 22.1 Å². The minimum atomic E-state index is 0.360. The second-order valence-corrected chi connectivity index (χ2v) is 5.17. The molecule has 0 bridgehead atoms. The van der Waals surface area contributed by atoms with Gasteiger partial charge in [0.05, 0.1) is 0 Å². The van der Waals surface area contributed by atoms with E-state index in [1.54, 1.807) is 0 Å². The Hall–Kier alpha value is -0.540. The molecule has 2 N–H and O–H groups in total. The summed E-state index contributed by atoms with van der Waals surface area (Å²) in [7, 11) is 0. The molecule has 3 heteroatoms. The van der Waals surface area contributed by atoms with E-state index < -0.39 is 0 Å². The third-order valence-electron chi connectivity index (χ3n) is 3.41. The Labute approximate surface area is 92.2 Å². The van der Waals surface area contributed by atoms with Crippen LogP contribution >= 0.6 is 15.9 Å². The van der Waals surface area contributed by atoms with E-state index in [-0.39, 0.29) is 0 Å². The molecule has 0 aliphatic carbocycles. The second kappa shape index (κ2) is 2.97. The van der Waals surface area contributed by atoms with Gasteiger partial charge in [-0.25, -0.2) is 0 Å². The summed E-state index contributed by atoms with van der Waals surface area (Å²) < 4.78 is 1.19. The normalized spacial score (nSPS) is 29.2. The zero-order valence-corrected chi connectivity index (χ0v) is 9.52. The monoisotopic (exact) mass is 252 g/mol. The Morgan fingerprint density at radius 1 is 1.29 bits per heavy atom. The van der Waals surface area contributed by atoms with Crippen LogP contribution in [0.5, 0.6) is 0 Å². The maximum Gasteiger partial charge on any atom is 0.0380 e. The van der Waals surface area contributed by atoms with Crippen molar-refractivity contribution < 1.29 is 0 Å². The molecule has 0 unspecified atom stereocenters. The molecule has 0 amide bonds. The van der Waals surface area contributed by atoms with Crippen molar-refractivity contribution in [1.82, 2.24) is 5.32 Å². The van der Waals surface area contributed by atoms with E-state index in [0.29, 0.717) is 5.41 Å². The number of hydrogen-bond donors (Lipinski definition) is 2. The fourth-order valence-electron chi connectivity index (χ4n) is 2.59. The first-order valence-electron chi connectivity index (χ1n) is 5.05. The van der Waals surface area contributed by atoms with Crippen LogP contribution in [-0.2, 0) is 5.41 Å². The third-order valence-corrected chi connectivity index (χ3v) is 3.91. The molecule has 1 aromatic carbocycles. The smallest absolute Gasteiger partial charge is 0.0380 e. The summed E-state index contributed by atoms with van der Waals surface area (Å²) in [4.78, 5) is 0. The van der Waals surface area contributed by atoms with Crippen LogP contribution in [0.3, 0.4) is 0 Å². The van der Waals surface area contributed by atoms with Crippen LogP contribution in [0.1, 0.15) is 12.0 Å². The molecule has 2 aliphatic heterocycles. The van der Waals surface area contributed by atoms with Crippen LogP contribution in [-0.4, -0.2) is 19.6 Å². The molecule has 0 radical (unpaired) electrons. The Bertz CT molecular complexity index is 370. The number of rotatable bonds is 0. The fraction of sp³-hybridized carbons (Fsp3) is 0.455. The largest absolute Gasteiger partial charge is 0.384 e. The highest BCUT2D eigenvalue weighted by Gasteiger charge is 2.41. The summed E-state index contributed by atoms with van der Waals surface area (Å²) >= 11 is 3.55. The van der Waals surface area contributed by atoms with Gasteiger partial charge >= 0.3 is 0 Å². The first-order chi connectivity index (χ1) is 6.80. The van der Waals surface area contributed by atoms with E-state index in [1.807, 2.05) is 0 Å². The van der Waals surface area contributed by atoms with Gasteiger partial charge in [0.1, 0.15) is 0 Å². The van der Waals surface area contributed by atoms with Crippen LogP contribution < -0.4 is 10.6 Å². The Balaban J connectivity index is 2.12. The molecule has 1 saturated heterocycles. The van der Waals surface area contributed by atoms with Gasteiger partial charge in [-0.3, -0.25) is 0 Å². The molecular formula is C11H13BrN2. The highest BCUT2D eigenvalue weighted by atomic mass is 79.9. The lowest BCUT2D eigenvalue weighted by Crippen LogP contribution is -2.30. The maximum absolute atomic E-state index is 3.55. The number of hydrogen-bond acceptors (Lipinski definition) is 2. The van der Waals surface area contributed by atoms with Crippen LogP contribution in [0.2, 0.25) is 0 Å². The predicted octanol–water partition coefficient (Wildman–Crippen LogP) is 2.11. The van der Waals surface area contributed by atoms with Crippen LogP contribution in [0, 0.1) is 0 Å². The Kier molecular flexibility index (Phi) is 1.86. The van der Waals surface area contributed by atoms with Gasteiger partial charge in [-0.2, -0.15) is 0 Å². The van der Waals surface area contributed by atoms with Gasteiger partial charge in [-0.1, -0.05) is 15.9 Å². The molecule has 74 valence electrons. The zero-order chi connectivity index (χ0) is 9.60. The highest BCUT2D eigenvalue weighted by Crippen LogP contribution is 2.41. The van der Waals surface area contributed by atoms with Crippen molar-refractivity contribution in [2.75, 3.05) is 25.0 Å². The van der Waals surface area contributed by atoms with Crippen molar-refractivity contribution in [3.8, 4) is 0 Å². The molecule has 1 spiro atoms. The second-order valence-electron chi connectivity index (χ2n) is 4.25. The summed E-state index contributed by atoms with van der Waals surface area (Å²) in [5.41, 5.74) is 3.16. The van der Waals surface area contributed by atoms with Crippen molar-refractivity contribution in [3.05, 3.63) is 28.2 Å². The molecule has 1 fully saturated rings. The van der Waals surface area contributed by atoms with E-state index >= 15 is 0 Å². The fourth-order valence-corrected chi connectivity index (χ4v) is 2.95. The van der Waals surface area contributed by atoms with Gasteiger partial charge in [-0.05, 0) is 36.7 Å². The molecule has 1 atom stereocenters. The molecule has 0 saturated carbocycles. The lowest BCUT2D eigenvalue weighted by Gasteiger charge is -2.21. The van der Waals surface area contributed by atoms with Crippen molar-refractivity contribution >= 4 is 21.6 Å². The number of fused-ring (bicyclic) bond motifs is 2. The topological polar surface area (TPSA) is 24.1 Å². The maximum atomic E-state index is 3.55. The van der Waals surface area contributed by atoms with Crippen molar-refractivity contribution in [2.24, 2.45) is 0 Å². The third kappa shape index (κ3) is 1.12. The van der Waals surface area contributed by atoms with Gasteiger partial charge in [0.25, 0.3) is 0 Å². The van der Waals surface area contributed by atoms with Crippen molar-refractivity contribution in [2.45, 2.75) is 11.8 Å². The first kappa shape index (κ1) is 8.74. The summed E-state index contributed by atoms with van der Waals surface area (Å²) in [5, 5.41) is 6.96. The van der Waals surface area contributed by atoms with Crippen molar-refractivity contribution in [3.63, 3.8) is 0 Å². The first-order valence-corrected chi connectivity index (χ1v) is 5.84. The van der Waals surface area contributed by atoms with E-state index in [0.717, 1.165) is 19.6 Å². The summed E-state index contributed by atoms with van der Waals surface area (Å²) in [6.45, 7) is 3.35. The average molecular weight is 253 g/mol. The Morgan fingerprint density at radius 3 is 3.00 bits per heavy atom. The van der Waals surface area contributed by atoms with Crippen molar-refractivity contribution in [1.29, 1.82) is 0 Å². The highest BCUT2D eigenvalue weighted by molar-refractivity contribution is 9.10. The molecule has 2 aliphatic rings. The molecule has 1 aromatic rings. The summed E-state index contributed by atoms with van der Waals surface area (Å²) in [6.07, 6.45) is 1.25. The van der Waals surface area contributed by atoms with E-state index in [2.05, 4.69) is 44.8 Å². The van der Waals surface area contributed by atoms with E-state index in [9.17, 15) is 0 Å². The molecule has 14 heavy (non-hydrogen) atoms. The number of halogens is 1. The quantitative estimate of drug-likeness (QED) is 0.740. The van der Waals surface area contributed by atoms with Gasteiger partial charge in [0, 0.05) is 28.7 Å². The number of benzene rings is 1. The lowest BCUT2D eigenvalue weighted by atomic mass is 9.82. The Morgan fingerprint density at radius 2 is 2.21 bits per heavy atom.